The number of anilines is 1. The fourth-order valence-corrected chi connectivity index (χ4v) is 1.82. The Morgan fingerprint density at radius 1 is 1.26 bits per heavy atom. The number of halogens is 2. The van der Waals surface area contributed by atoms with Crippen LogP contribution in [-0.2, 0) is 9.59 Å². The predicted molar refractivity (Wildman–Crippen MR) is 77.1 cm³/mol. The molecule has 1 heterocycles. The number of alkyl halides is 2. The van der Waals surface area contributed by atoms with Crippen LogP contribution in [0, 0.1) is 5.92 Å². The molecule has 2 rings (SSSR count). The van der Waals surface area contributed by atoms with Crippen molar-refractivity contribution in [3.05, 3.63) is 18.2 Å². The van der Waals surface area contributed by atoms with Crippen LogP contribution in [-0.4, -0.2) is 30.7 Å². The van der Waals surface area contributed by atoms with Gasteiger partial charge in [0.1, 0.15) is 0 Å². The van der Waals surface area contributed by atoms with Gasteiger partial charge in [0.25, 0.3) is 0 Å². The second-order valence-electron chi connectivity index (χ2n) is 5.36. The molecule has 0 bridgehead atoms. The molecule has 0 saturated carbocycles. The largest absolute Gasteiger partial charge is 0.586 e. The van der Waals surface area contributed by atoms with E-state index < -0.39 is 24.2 Å². The predicted octanol–water partition coefficient (Wildman–Crippen LogP) is 1.05. The Hall–Kier alpha value is -2.42. The number of amides is 2. The van der Waals surface area contributed by atoms with Crippen molar-refractivity contribution in [2.45, 2.75) is 26.2 Å². The van der Waals surface area contributed by atoms with Crippen LogP contribution in [0.5, 0.6) is 11.5 Å². The highest BCUT2D eigenvalue weighted by atomic mass is 19.3. The molecule has 0 aliphatic carbocycles. The highest BCUT2D eigenvalue weighted by molar-refractivity contribution is 5.95. The highest BCUT2D eigenvalue weighted by Gasteiger charge is 2.43. The zero-order valence-corrected chi connectivity index (χ0v) is 12.6. The normalized spacial score (nSPS) is 16.1. The maximum Gasteiger partial charge on any atom is 0.586 e. The topological polar surface area (TPSA) is 103 Å². The molecule has 0 radical (unpaired) electrons. The summed E-state index contributed by atoms with van der Waals surface area (Å²) in [4.78, 5) is 23.4. The second kappa shape index (κ2) is 6.37. The van der Waals surface area contributed by atoms with E-state index in [4.69, 9.17) is 5.73 Å². The van der Waals surface area contributed by atoms with Crippen molar-refractivity contribution >= 4 is 17.5 Å². The lowest BCUT2D eigenvalue weighted by Crippen LogP contribution is -2.46. The third-order valence-corrected chi connectivity index (χ3v) is 3.13. The zero-order chi connectivity index (χ0) is 17.2. The first-order chi connectivity index (χ1) is 10.7. The molecule has 0 spiro atoms. The van der Waals surface area contributed by atoms with Crippen LogP contribution in [0.1, 0.15) is 13.8 Å². The van der Waals surface area contributed by atoms with E-state index in [1.54, 1.807) is 13.8 Å². The molecular formula is C14H17F2N3O4. The molecule has 4 N–H and O–H groups in total. The van der Waals surface area contributed by atoms with Crippen molar-refractivity contribution < 1.29 is 27.8 Å². The number of fused-ring (bicyclic) bond motifs is 1. The Labute approximate surface area is 131 Å². The van der Waals surface area contributed by atoms with Crippen LogP contribution < -0.4 is 25.8 Å². The first kappa shape index (κ1) is 16.9. The van der Waals surface area contributed by atoms with Gasteiger partial charge in [-0.2, -0.15) is 0 Å². The van der Waals surface area contributed by atoms with Crippen molar-refractivity contribution in [2.75, 3.05) is 11.9 Å². The minimum atomic E-state index is -3.72. The molecule has 9 heteroatoms. The zero-order valence-electron chi connectivity index (χ0n) is 12.6. The molecule has 1 aromatic carbocycles. The fraction of sp³-hybridized carbons (Fsp3) is 0.429. The average molecular weight is 329 g/mol. The molecule has 0 aromatic heterocycles. The minimum absolute atomic E-state index is 0.0615. The first-order valence-corrected chi connectivity index (χ1v) is 6.91. The molecule has 0 unspecified atom stereocenters. The summed E-state index contributed by atoms with van der Waals surface area (Å²) >= 11 is 0. The number of hydrogen-bond acceptors (Lipinski definition) is 5. The van der Waals surface area contributed by atoms with Gasteiger partial charge in [-0.05, 0) is 18.1 Å². The molecule has 7 nitrogen and oxygen atoms in total. The Morgan fingerprint density at radius 3 is 2.57 bits per heavy atom. The van der Waals surface area contributed by atoms with Crippen LogP contribution in [0.15, 0.2) is 18.2 Å². The summed E-state index contributed by atoms with van der Waals surface area (Å²) < 4.78 is 34.3. The standard InChI is InChI=1S/C14H17F2N3O4/c1-7(2)12(17)13(21)18-6-11(20)19-8-3-4-9-10(5-8)23-14(15,16)22-9/h3-5,7,12H,6,17H2,1-2H3,(H,18,21)(H,19,20)/t12-/m0/s1. The number of ether oxygens (including phenoxy) is 2. The first-order valence-electron chi connectivity index (χ1n) is 6.91. The van der Waals surface area contributed by atoms with Gasteiger partial charge in [-0.3, -0.25) is 9.59 Å². The van der Waals surface area contributed by atoms with Gasteiger partial charge in [0.15, 0.2) is 11.5 Å². The summed E-state index contributed by atoms with van der Waals surface area (Å²) in [6.07, 6.45) is -3.72. The molecule has 126 valence electrons. The number of carbonyl (C=O) groups is 2. The Balaban J connectivity index is 1.89. The highest BCUT2D eigenvalue weighted by Crippen LogP contribution is 2.42. The van der Waals surface area contributed by atoms with Crippen LogP contribution in [0.2, 0.25) is 0 Å². The van der Waals surface area contributed by atoms with Crippen molar-refractivity contribution in [1.29, 1.82) is 0 Å². The van der Waals surface area contributed by atoms with Gasteiger partial charge in [0.2, 0.25) is 11.8 Å². The summed E-state index contributed by atoms with van der Waals surface area (Å²) in [7, 11) is 0. The van der Waals surface area contributed by atoms with Crippen molar-refractivity contribution in [3.8, 4) is 11.5 Å². The second-order valence-corrected chi connectivity index (χ2v) is 5.36. The van der Waals surface area contributed by atoms with Gasteiger partial charge >= 0.3 is 6.29 Å². The van der Waals surface area contributed by atoms with Crippen LogP contribution in [0.4, 0.5) is 14.5 Å². The van der Waals surface area contributed by atoms with Crippen molar-refractivity contribution in [1.82, 2.24) is 5.32 Å². The summed E-state index contributed by atoms with van der Waals surface area (Å²) in [6.45, 7) is 3.28. The van der Waals surface area contributed by atoms with Gasteiger partial charge < -0.3 is 25.8 Å². The number of benzene rings is 1. The Morgan fingerprint density at radius 2 is 1.91 bits per heavy atom. The third-order valence-electron chi connectivity index (χ3n) is 3.13. The SMILES string of the molecule is CC(C)[C@H](N)C(=O)NCC(=O)Nc1ccc2c(c1)OC(F)(F)O2. The monoisotopic (exact) mass is 329 g/mol. The van der Waals surface area contributed by atoms with Gasteiger partial charge in [0, 0.05) is 11.8 Å². The average Bonchev–Trinajstić information content (AvgIpc) is 2.76. The lowest BCUT2D eigenvalue weighted by atomic mass is 10.1. The van der Waals surface area contributed by atoms with E-state index in [1.807, 2.05) is 0 Å². The molecule has 1 atom stereocenters. The number of nitrogens with one attached hydrogen (secondary N) is 2. The van der Waals surface area contributed by atoms with E-state index in [0.717, 1.165) is 0 Å². The Kier molecular flexibility index (Phi) is 4.69. The lowest BCUT2D eigenvalue weighted by molar-refractivity contribution is -0.286. The Bertz CT molecular complexity index is 622. The molecular weight excluding hydrogens is 312 g/mol. The summed E-state index contributed by atoms with van der Waals surface area (Å²) in [5.41, 5.74) is 5.87. The maximum absolute atomic E-state index is 12.9. The van der Waals surface area contributed by atoms with Gasteiger partial charge in [-0.15, -0.1) is 8.78 Å². The van der Waals surface area contributed by atoms with Gasteiger partial charge in [-0.1, -0.05) is 13.8 Å². The molecule has 0 fully saturated rings. The van der Waals surface area contributed by atoms with Gasteiger partial charge in [0.05, 0.1) is 12.6 Å². The molecule has 23 heavy (non-hydrogen) atoms. The van der Waals surface area contributed by atoms with Gasteiger partial charge in [-0.25, -0.2) is 0 Å². The minimum Gasteiger partial charge on any atom is -0.395 e. The quantitative estimate of drug-likeness (QED) is 0.749. The number of carbonyl (C=O) groups excluding carboxylic acids is 2. The van der Waals surface area contributed by atoms with Crippen LogP contribution >= 0.6 is 0 Å². The van der Waals surface area contributed by atoms with E-state index >= 15 is 0 Å². The molecule has 1 aliphatic heterocycles. The summed E-state index contributed by atoms with van der Waals surface area (Å²) in [5.74, 6) is -1.34. The van der Waals surface area contributed by atoms with Crippen LogP contribution in [0.25, 0.3) is 0 Å². The summed E-state index contributed by atoms with van der Waals surface area (Å²) in [5, 5.41) is 4.84. The number of hydrogen-bond donors (Lipinski definition) is 3. The van der Waals surface area contributed by atoms with E-state index in [2.05, 4.69) is 20.1 Å². The van der Waals surface area contributed by atoms with Crippen molar-refractivity contribution in [3.63, 3.8) is 0 Å². The van der Waals surface area contributed by atoms with Crippen LogP contribution in [0.3, 0.4) is 0 Å². The third kappa shape index (κ3) is 4.28. The number of nitrogens with two attached hydrogens (primary N) is 1. The molecule has 1 aromatic rings. The van der Waals surface area contributed by atoms with E-state index in [1.165, 1.54) is 18.2 Å². The summed E-state index contributed by atoms with van der Waals surface area (Å²) in [6, 6.07) is 3.12. The molecule has 0 saturated heterocycles. The smallest absolute Gasteiger partial charge is 0.395 e. The van der Waals surface area contributed by atoms with E-state index in [9.17, 15) is 18.4 Å². The molecule has 1 aliphatic rings. The number of rotatable bonds is 5. The lowest BCUT2D eigenvalue weighted by Gasteiger charge is -2.15. The van der Waals surface area contributed by atoms with E-state index in [0.29, 0.717) is 0 Å². The van der Waals surface area contributed by atoms with E-state index in [-0.39, 0.29) is 29.6 Å². The molecule has 2 amide bonds. The van der Waals surface area contributed by atoms with Crippen molar-refractivity contribution in [2.24, 2.45) is 11.7 Å². The fourth-order valence-electron chi connectivity index (χ4n) is 1.82. The maximum atomic E-state index is 12.9.